The van der Waals surface area contributed by atoms with Gasteiger partial charge in [-0.2, -0.15) is 5.26 Å². The summed E-state index contributed by atoms with van der Waals surface area (Å²) in [4.78, 5) is 24.1. The predicted molar refractivity (Wildman–Crippen MR) is 92.6 cm³/mol. The summed E-state index contributed by atoms with van der Waals surface area (Å²) in [6.45, 7) is 0. The fourth-order valence-corrected chi connectivity index (χ4v) is 2.71. The number of benzene rings is 2. The van der Waals surface area contributed by atoms with Crippen molar-refractivity contribution in [2.75, 3.05) is 0 Å². The molecule has 0 radical (unpaired) electrons. The minimum atomic E-state index is -0.465. The number of nitriles is 1. The third kappa shape index (κ3) is 2.96. The Hall–Kier alpha value is -2.66. The number of hydrogen-bond acceptors (Lipinski definition) is 3. The largest absolute Gasteiger partial charge is 0.276 e. The van der Waals surface area contributed by atoms with Gasteiger partial charge in [0.1, 0.15) is 5.57 Å². The predicted octanol–water partition coefficient (Wildman–Crippen LogP) is 2.13. The molecule has 2 N–H and O–H groups in total. The fraction of sp³-hybridized carbons (Fsp3) is 0. The molecule has 2 aromatic rings. The van der Waals surface area contributed by atoms with Gasteiger partial charge in [-0.15, -0.1) is 0 Å². The quantitative estimate of drug-likeness (QED) is 0.448. The van der Waals surface area contributed by atoms with Gasteiger partial charge in [-0.05, 0) is 58.0 Å². The van der Waals surface area contributed by atoms with E-state index in [4.69, 9.17) is 5.26 Å². The lowest BCUT2D eigenvalue weighted by Gasteiger charge is -2.10. The van der Waals surface area contributed by atoms with Crippen molar-refractivity contribution in [3.8, 4) is 6.07 Å². The fourth-order valence-electron chi connectivity index (χ4n) is 2.35. The van der Waals surface area contributed by atoms with Crippen molar-refractivity contribution in [2.45, 2.75) is 0 Å². The zero-order valence-electron chi connectivity index (χ0n) is 11.8. The van der Waals surface area contributed by atoms with Gasteiger partial charge in [0.2, 0.25) is 0 Å². The van der Waals surface area contributed by atoms with Crippen molar-refractivity contribution in [1.29, 1.82) is 5.26 Å². The second-order valence-corrected chi connectivity index (χ2v) is 6.10. The number of nitrogens with zero attached hydrogens (tertiary/aromatic N) is 1. The standard InChI is InChI=1S/C17H10IN3O2/c18-13-7-5-12(6-8-13)14(15-16(22)20-21-17(15)23)11-3-1-10(9-19)2-4-11/h1-8H,(H,20,22)(H,21,23). The summed E-state index contributed by atoms with van der Waals surface area (Å²) in [5.74, 6) is -0.930. The van der Waals surface area contributed by atoms with Crippen LogP contribution in [0.15, 0.2) is 54.1 Å². The van der Waals surface area contributed by atoms with E-state index in [1.54, 1.807) is 24.3 Å². The second kappa shape index (κ2) is 6.22. The number of amides is 2. The molecule has 0 bridgehead atoms. The average molecular weight is 415 g/mol. The van der Waals surface area contributed by atoms with Crippen molar-refractivity contribution >= 4 is 40.0 Å². The highest BCUT2D eigenvalue weighted by Crippen LogP contribution is 2.29. The summed E-state index contributed by atoms with van der Waals surface area (Å²) in [6, 6.07) is 16.4. The van der Waals surface area contributed by atoms with E-state index < -0.39 is 11.8 Å². The zero-order valence-corrected chi connectivity index (χ0v) is 13.9. The van der Waals surface area contributed by atoms with Crippen LogP contribution in [0.4, 0.5) is 0 Å². The van der Waals surface area contributed by atoms with Crippen molar-refractivity contribution in [3.63, 3.8) is 0 Å². The van der Waals surface area contributed by atoms with Crippen LogP contribution >= 0.6 is 22.6 Å². The van der Waals surface area contributed by atoms with E-state index in [0.717, 1.165) is 9.13 Å². The van der Waals surface area contributed by atoms with E-state index in [1.807, 2.05) is 24.3 Å². The number of halogens is 1. The highest BCUT2D eigenvalue weighted by atomic mass is 127. The van der Waals surface area contributed by atoms with Crippen LogP contribution in [0.2, 0.25) is 0 Å². The third-order valence-corrected chi connectivity index (χ3v) is 4.15. The monoisotopic (exact) mass is 415 g/mol. The van der Waals surface area contributed by atoms with Gasteiger partial charge in [-0.25, -0.2) is 0 Å². The Bertz CT molecular complexity index is 844. The topological polar surface area (TPSA) is 82.0 Å². The Kier molecular flexibility index (Phi) is 4.12. The van der Waals surface area contributed by atoms with Gasteiger partial charge in [0.05, 0.1) is 11.6 Å². The summed E-state index contributed by atoms with van der Waals surface area (Å²) in [6.07, 6.45) is 0. The molecule has 2 amide bonds. The summed E-state index contributed by atoms with van der Waals surface area (Å²) in [5.41, 5.74) is 7.23. The summed E-state index contributed by atoms with van der Waals surface area (Å²) < 4.78 is 1.05. The Morgan fingerprint density at radius 1 is 0.870 bits per heavy atom. The number of hydrogen-bond donors (Lipinski definition) is 2. The number of carbonyl (C=O) groups excluding carboxylic acids is 2. The molecule has 1 heterocycles. The molecule has 1 aliphatic rings. The first kappa shape index (κ1) is 15.2. The van der Waals surface area contributed by atoms with Gasteiger partial charge >= 0.3 is 0 Å². The van der Waals surface area contributed by atoms with Crippen molar-refractivity contribution in [3.05, 3.63) is 74.4 Å². The molecule has 23 heavy (non-hydrogen) atoms. The Balaban J connectivity index is 2.23. The van der Waals surface area contributed by atoms with Crippen LogP contribution < -0.4 is 10.9 Å². The van der Waals surface area contributed by atoms with Crippen LogP contribution in [0.25, 0.3) is 5.57 Å². The molecule has 6 heteroatoms. The Morgan fingerprint density at radius 2 is 1.35 bits per heavy atom. The molecule has 0 aromatic heterocycles. The first-order valence-electron chi connectivity index (χ1n) is 6.71. The molecule has 112 valence electrons. The molecule has 0 unspecified atom stereocenters. The molecule has 0 aliphatic carbocycles. The minimum Gasteiger partial charge on any atom is -0.267 e. The maximum Gasteiger partial charge on any atom is 0.276 e. The molecule has 1 aliphatic heterocycles. The molecule has 1 saturated heterocycles. The van der Waals surface area contributed by atoms with Gasteiger partial charge in [-0.1, -0.05) is 24.3 Å². The highest BCUT2D eigenvalue weighted by molar-refractivity contribution is 14.1. The van der Waals surface area contributed by atoms with Crippen LogP contribution in [0.5, 0.6) is 0 Å². The first-order chi connectivity index (χ1) is 11.1. The molecule has 0 atom stereocenters. The van der Waals surface area contributed by atoms with Gasteiger partial charge in [-0.3, -0.25) is 20.4 Å². The van der Waals surface area contributed by atoms with Crippen LogP contribution in [-0.4, -0.2) is 11.8 Å². The molecule has 3 rings (SSSR count). The van der Waals surface area contributed by atoms with E-state index in [0.29, 0.717) is 16.7 Å². The molecular weight excluding hydrogens is 405 g/mol. The first-order valence-corrected chi connectivity index (χ1v) is 7.79. The summed E-state index contributed by atoms with van der Waals surface area (Å²) in [5, 5.41) is 8.92. The Labute approximate surface area is 146 Å². The van der Waals surface area contributed by atoms with Gasteiger partial charge in [0, 0.05) is 9.14 Å². The second-order valence-electron chi connectivity index (χ2n) is 4.85. The lowest BCUT2D eigenvalue weighted by molar-refractivity contribution is -0.117. The minimum absolute atomic E-state index is 0.0657. The van der Waals surface area contributed by atoms with Crippen molar-refractivity contribution in [2.24, 2.45) is 0 Å². The van der Waals surface area contributed by atoms with E-state index in [1.165, 1.54) is 0 Å². The maximum atomic E-state index is 12.1. The van der Waals surface area contributed by atoms with E-state index in [9.17, 15) is 9.59 Å². The number of rotatable bonds is 2. The molecule has 1 fully saturated rings. The lowest BCUT2D eigenvalue weighted by atomic mass is 9.92. The van der Waals surface area contributed by atoms with Crippen LogP contribution in [0.3, 0.4) is 0 Å². The summed E-state index contributed by atoms with van der Waals surface area (Å²) >= 11 is 2.19. The van der Waals surface area contributed by atoms with Gasteiger partial charge < -0.3 is 0 Å². The highest BCUT2D eigenvalue weighted by Gasteiger charge is 2.30. The molecule has 0 spiro atoms. The zero-order chi connectivity index (χ0) is 16.4. The van der Waals surface area contributed by atoms with E-state index >= 15 is 0 Å². The van der Waals surface area contributed by atoms with E-state index in [2.05, 4.69) is 39.5 Å². The van der Waals surface area contributed by atoms with Crippen molar-refractivity contribution in [1.82, 2.24) is 10.9 Å². The van der Waals surface area contributed by atoms with Crippen LogP contribution in [-0.2, 0) is 9.59 Å². The normalized spacial score (nSPS) is 13.3. The van der Waals surface area contributed by atoms with Gasteiger partial charge in [0.15, 0.2) is 0 Å². The van der Waals surface area contributed by atoms with Crippen LogP contribution in [0.1, 0.15) is 16.7 Å². The Morgan fingerprint density at radius 3 is 1.83 bits per heavy atom. The number of hydrazine groups is 1. The smallest absolute Gasteiger partial charge is 0.267 e. The summed E-state index contributed by atoms with van der Waals surface area (Å²) in [7, 11) is 0. The molecule has 5 nitrogen and oxygen atoms in total. The SMILES string of the molecule is N#Cc1ccc(C(=C2C(=O)NNC2=O)c2ccc(I)cc2)cc1. The van der Waals surface area contributed by atoms with E-state index in [-0.39, 0.29) is 5.57 Å². The van der Waals surface area contributed by atoms with Gasteiger partial charge in [0.25, 0.3) is 11.8 Å². The lowest BCUT2D eigenvalue weighted by Crippen LogP contribution is -2.28. The molecular formula is C17H10IN3O2. The molecule has 0 saturated carbocycles. The number of carbonyl (C=O) groups is 2. The molecule has 2 aromatic carbocycles. The third-order valence-electron chi connectivity index (χ3n) is 3.43. The van der Waals surface area contributed by atoms with Crippen LogP contribution in [0, 0.1) is 14.9 Å². The average Bonchev–Trinajstić information content (AvgIpc) is 2.90. The number of nitrogens with one attached hydrogen (secondary N) is 2. The maximum absolute atomic E-state index is 12.1. The van der Waals surface area contributed by atoms with Crippen molar-refractivity contribution < 1.29 is 9.59 Å².